The second-order valence-corrected chi connectivity index (χ2v) is 8.53. The lowest BCUT2D eigenvalue weighted by molar-refractivity contribution is 0.520. The van der Waals surface area contributed by atoms with E-state index in [0.29, 0.717) is 4.90 Å². The van der Waals surface area contributed by atoms with Gasteiger partial charge in [-0.3, -0.25) is 0 Å². The number of nitrogens with zero attached hydrogens (tertiary/aromatic N) is 1. The highest BCUT2D eigenvalue weighted by molar-refractivity contribution is 7.89. The molecule has 0 amide bonds. The van der Waals surface area contributed by atoms with E-state index in [1.165, 1.54) is 35.1 Å². The first-order chi connectivity index (χ1) is 11.2. The highest BCUT2D eigenvalue weighted by Gasteiger charge is 2.17. The third kappa shape index (κ3) is 4.23. The Kier molecular flexibility index (Phi) is 5.80. The van der Waals surface area contributed by atoms with E-state index in [2.05, 4.69) is 44.3 Å². The highest BCUT2D eigenvalue weighted by atomic mass is 32.2. The molecule has 0 radical (unpaired) electrons. The van der Waals surface area contributed by atoms with Gasteiger partial charge in [-0.2, -0.15) is 0 Å². The van der Waals surface area contributed by atoms with Crippen LogP contribution in [0.4, 0.5) is 0 Å². The van der Waals surface area contributed by atoms with E-state index >= 15 is 0 Å². The first kappa shape index (κ1) is 18.6. The lowest BCUT2D eigenvalue weighted by atomic mass is 10.1. The molecule has 4 nitrogen and oxygen atoms in total. The molecule has 1 unspecified atom stereocenters. The minimum Gasteiger partial charge on any atom is -0.306 e. The molecule has 0 bridgehead atoms. The van der Waals surface area contributed by atoms with Crippen LogP contribution in [-0.2, 0) is 16.6 Å². The molecule has 1 atom stereocenters. The zero-order valence-electron chi connectivity index (χ0n) is 15.0. The summed E-state index contributed by atoms with van der Waals surface area (Å²) >= 11 is 0. The molecule has 0 heterocycles. The second-order valence-electron chi connectivity index (χ2n) is 6.38. The molecule has 0 fully saturated rings. The van der Waals surface area contributed by atoms with Gasteiger partial charge < -0.3 is 5.32 Å². The van der Waals surface area contributed by atoms with Crippen molar-refractivity contribution in [1.29, 1.82) is 0 Å². The summed E-state index contributed by atoms with van der Waals surface area (Å²) in [5, 5.41) is 3.48. The fourth-order valence-electron chi connectivity index (χ4n) is 2.44. The monoisotopic (exact) mass is 346 g/mol. The summed E-state index contributed by atoms with van der Waals surface area (Å²) in [7, 11) is -0.293. The number of benzene rings is 2. The molecular weight excluding hydrogens is 320 g/mol. The standard InChI is InChI=1S/C19H26N2O2S/c1-14-6-7-17(12-15(14)2)13-20-16(3)18-8-10-19(11-9-18)24(22,23)21(4)5/h6-12,16,20H,13H2,1-5H3. The molecule has 2 aromatic rings. The van der Waals surface area contributed by atoms with Crippen LogP contribution in [0.2, 0.25) is 0 Å². The summed E-state index contributed by atoms with van der Waals surface area (Å²) < 4.78 is 25.4. The van der Waals surface area contributed by atoms with Crippen molar-refractivity contribution in [2.75, 3.05) is 14.1 Å². The summed E-state index contributed by atoms with van der Waals surface area (Å²) in [6, 6.07) is 13.7. The number of nitrogens with one attached hydrogen (secondary N) is 1. The maximum atomic E-state index is 12.1. The predicted molar refractivity (Wildman–Crippen MR) is 98.5 cm³/mol. The first-order valence-corrected chi connectivity index (χ1v) is 9.48. The molecule has 0 spiro atoms. The minimum atomic E-state index is -3.37. The molecule has 24 heavy (non-hydrogen) atoms. The quantitative estimate of drug-likeness (QED) is 0.872. The fraction of sp³-hybridized carbons (Fsp3) is 0.368. The summed E-state index contributed by atoms with van der Waals surface area (Å²) in [6.07, 6.45) is 0. The summed E-state index contributed by atoms with van der Waals surface area (Å²) in [5.41, 5.74) is 4.90. The molecule has 0 saturated carbocycles. The molecule has 2 aromatic carbocycles. The molecule has 1 N–H and O–H groups in total. The van der Waals surface area contributed by atoms with Crippen LogP contribution >= 0.6 is 0 Å². The Morgan fingerprint density at radius 2 is 1.62 bits per heavy atom. The van der Waals surface area contributed by atoms with Gasteiger partial charge in [0, 0.05) is 26.7 Å². The van der Waals surface area contributed by atoms with Crippen LogP contribution in [0.5, 0.6) is 0 Å². The van der Waals surface area contributed by atoms with E-state index in [1.54, 1.807) is 12.1 Å². The van der Waals surface area contributed by atoms with E-state index < -0.39 is 10.0 Å². The van der Waals surface area contributed by atoms with Gasteiger partial charge in [-0.15, -0.1) is 0 Å². The van der Waals surface area contributed by atoms with E-state index in [1.807, 2.05) is 12.1 Å². The van der Waals surface area contributed by atoms with E-state index in [9.17, 15) is 8.42 Å². The molecule has 130 valence electrons. The van der Waals surface area contributed by atoms with Gasteiger partial charge in [-0.1, -0.05) is 30.3 Å². The van der Waals surface area contributed by atoms with Gasteiger partial charge in [0.1, 0.15) is 0 Å². The SMILES string of the molecule is Cc1ccc(CNC(C)c2ccc(S(=O)(=O)N(C)C)cc2)cc1C. The Morgan fingerprint density at radius 3 is 2.17 bits per heavy atom. The van der Waals surface area contributed by atoms with Crippen LogP contribution in [0.3, 0.4) is 0 Å². The largest absolute Gasteiger partial charge is 0.306 e. The Balaban J connectivity index is 2.05. The van der Waals surface area contributed by atoms with Gasteiger partial charge in [-0.25, -0.2) is 12.7 Å². The number of sulfonamides is 1. The van der Waals surface area contributed by atoms with Gasteiger partial charge >= 0.3 is 0 Å². The third-order valence-corrected chi connectivity index (χ3v) is 6.17. The lowest BCUT2D eigenvalue weighted by Crippen LogP contribution is -2.22. The van der Waals surface area contributed by atoms with Crippen molar-refractivity contribution in [3.8, 4) is 0 Å². The van der Waals surface area contributed by atoms with E-state index in [4.69, 9.17) is 0 Å². The average molecular weight is 346 g/mol. The van der Waals surface area contributed by atoms with Crippen LogP contribution in [0.1, 0.15) is 35.2 Å². The summed E-state index contributed by atoms with van der Waals surface area (Å²) in [6.45, 7) is 7.08. The Bertz CT molecular complexity index is 797. The smallest absolute Gasteiger partial charge is 0.242 e. The minimum absolute atomic E-state index is 0.141. The Morgan fingerprint density at radius 1 is 1.00 bits per heavy atom. The summed E-state index contributed by atoms with van der Waals surface area (Å²) in [4.78, 5) is 0.317. The second kappa shape index (κ2) is 7.47. The lowest BCUT2D eigenvalue weighted by Gasteiger charge is -2.16. The zero-order chi connectivity index (χ0) is 17.9. The maximum Gasteiger partial charge on any atom is 0.242 e. The average Bonchev–Trinajstić information content (AvgIpc) is 2.55. The number of rotatable bonds is 6. The van der Waals surface area contributed by atoms with Crippen molar-refractivity contribution in [1.82, 2.24) is 9.62 Å². The number of hydrogen-bond acceptors (Lipinski definition) is 3. The van der Waals surface area contributed by atoms with Crippen molar-refractivity contribution in [2.45, 2.75) is 38.3 Å². The molecule has 2 rings (SSSR count). The van der Waals surface area contributed by atoms with Crippen LogP contribution < -0.4 is 5.32 Å². The van der Waals surface area contributed by atoms with Gasteiger partial charge in [0.05, 0.1) is 4.90 Å². The van der Waals surface area contributed by atoms with E-state index in [0.717, 1.165) is 12.1 Å². The summed E-state index contributed by atoms with van der Waals surface area (Å²) in [5.74, 6) is 0. The van der Waals surface area contributed by atoms with Gasteiger partial charge in [-0.05, 0) is 55.2 Å². The number of hydrogen-bond donors (Lipinski definition) is 1. The van der Waals surface area contributed by atoms with Gasteiger partial charge in [0.15, 0.2) is 0 Å². The van der Waals surface area contributed by atoms with Gasteiger partial charge in [0.25, 0.3) is 0 Å². The van der Waals surface area contributed by atoms with E-state index in [-0.39, 0.29) is 6.04 Å². The van der Waals surface area contributed by atoms with Crippen LogP contribution in [0, 0.1) is 13.8 Å². The van der Waals surface area contributed by atoms with Crippen LogP contribution in [-0.4, -0.2) is 26.8 Å². The van der Waals surface area contributed by atoms with Crippen molar-refractivity contribution in [3.63, 3.8) is 0 Å². The topological polar surface area (TPSA) is 49.4 Å². The Hall–Kier alpha value is -1.69. The predicted octanol–water partition coefficient (Wildman–Crippen LogP) is 3.40. The Labute approximate surface area is 145 Å². The van der Waals surface area contributed by atoms with Crippen molar-refractivity contribution in [2.24, 2.45) is 0 Å². The zero-order valence-corrected chi connectivity index (χ0v) is 15.8. The highest BCUT2D eigenvalue weighted by Crippen LogP contribution is 2.19. The van der Waals surface area contributed by atoms with Crippen molar-refractivity contribution < 1.29 is 8.42 Å². The van der Waals surface area contributed by atoms with Gasteiger partial charge in [0.2, 0.25) is 10.0 Å². The molecule has 0 aliphatic carbocycles. The number of aryl methyl sites for hydroxylation is 2. The molecule has 0 aliphatic rings. The molecule has 0 aromatic heterocycles. The molecule has 5 heteroatoms. The van der Waals surface area contributed by atoms with Crippen LogP contribution in [0.25, 0.3) is 0 Å². The third-order valence-electron chi connectivity index (χ3n) is 4.34. The maximum absolute atomic E-state index is 12.1. The normalized spacial score (nSPS) is 13.2. The van der Waals surface area contributed by atoms with Crippen molar-refractivity contribution >= 4 is 10.0 Å². The van der Waals surface area contributed by atoms with Crippen LogP contribution in [0.15, 0.2) is 47.4 Å². The first-order valence-electron chi connectivity index (χ1n) is 8.04. The fourth-order valence-corrected chi connectivity index (χ4v) is 3.34. The molecule has 0 saturated heterocycles. The molecular formula is C19H26N2O2S. The van der Waals surface area contributed by atoms with Crippen molar-refractivity contribution in [3.05, 3.63) is 64.7 Å². The molecule has 0 aliphatic heterocycles.